The van der Waals surface area contributed by atoms with Crippen molar-refractivity contribution in [1.29, 1.82) is 0 Å². The van der Waals surface area contributed by atoms with E-state index in [0.29, 0.717) is 5.11 Å². The molecule has 3 N–H and O–H groups in total. The standard InChI is InChI=1S/C12H17N5O4S/c18-17(19)11-2-1-10(21-11)9-14-15-12(22)13-3-4-16-5-7-20-8-6-16/h1-2,9H,3-8H2,(H2,13,15,22)/p+1/b14-9-. The largest absolute Gasteiger partial charge is 0.433 e. The van der Waals surface area contributed by atoms with Crippen molar-refractivity contribution in [3.8, 4) is 0 Å². The Morgan fingerprint density at radius 1 is 1.50 bits per heavy atom. The van der Waals surface area contributed by atoms with Crippen molar-refractivity contribution < 1.29 is 19.0 Å². The van der Waals surface area contributed by atoms with Gasteiger partial charge in [0.05, 0.1) is 38.6 Å². The number of rotatable bonds is 6. The highest BCUT2D eigenvalue weighted by Gasteiger charge is 2.13. The first-order valence-electron chi connectivity index (χ1n) is 6.87. The first-order valence-corrected chi connectivity index (χ1v) is 7.28. The van der Waals surface area contributed by atoms with E-state index >= 15 is 0 Å². The van der Waals surface area contributed by atoms with E-state index in [-0.39, 0.29) is 11.6 Å². The minimum absolute atomic E-state index is 0.278. The highest BCUT2D eigenvalue weighted by Crippen LogP contribution is 2.13. The molecule has 2 heterocycles. The van der Waals surface area contributed by atoms with E-state index in [2.05, 4.69) is 15.8 Å². The van der Waals surface area contributed by atoms with Crippen LogP contribution in [0.5, 0.6) is 0 Å². The number of nitrogens with one attached hydrogen (secondary N) is 3. The van der Waals surface area contributed by atoms with Gasteiger partial charge in [-0.05, 0) is 18.3 Å². The predicted molar refractivity (Wildman–Crippen MR) is 83.1 cm³/mol. The second-order valence-corrected chi connectivity index (χ2v) is 5.08. The fourth-order valence-electron chi connectivity index (χ4n) is 1.97. The topological polar surface area (TPSA) is 106 Å². The van der Waals surface area contributed by atoms with Gasteiger partial charge in [-0.25, -0.2) is 0 Å². The van der Waals surface area contributed by atoms with Gasteiger partial charge < -0.3 is 19.4 Å². The SMILES string of the molecule is O=[N+]([O-])c1ccc(/C=N\NC(=S)NCC[NH+]2CCOCC2)o1. The molecule has 0 saturated carbocycles. The van der Waals surface area contributed by atoms with Gasteiger partial charge in [0.15, 0.2) is 10.9 Å². The van der Waals surface area contributed by atoms with Gasteiger partial charge >= 0.3 is 5.88 Å². The van der Waals surface area contributed by atoms with Crippen LogP contribution >= 0.6 is 12.2 Å². The Labute approximate surface area is 132 Å². The van der Waals surface area contributed by atoms with E-state index in [0.717, 1.165) is 39.4 Å². The van der Waals surface area contributed by atoms with Crippen molar-refractivity contribution in [3.05, 3.63) is 28.0 Å². The maximum Gasteiger partial charge on any atom is 0.433 e. The summed E-state index contributed by atoms with van der Waals surface area (Å²) in [6.07, 6.45) is 1.33. The summed E-state index contributed by atoms with van der Waals surface area (Å²) in [4.78, 5) is 11.3. The molecule has 0 aromatic carbocycles. The van der Waals surface area contributed by atoms with Crippen molar-refractivity contribution in [3.63, 3.8) is 0 Å². The highest BCUT2D eigenvalue weighted by molar-refractivity contribution is 7.80. The molecular weight excluding hydrogens is 310 g/mol. The molecule has 0 atom stereocenters. The molecule has 1 fully saturated rings. The summed E-state index contributed by atoms with van der Waals surface area (Å²) in [5.41, 5.74) is 2.63. The van der Waals surface area contributed by atoms with Crippen LogP contribution in [-0.2, 0) is 4.74 Å². The molecule has 1 saturated heterocycles. The van der Waals surface area contributed by atoms with Crippen LogP contribution in [0.1, 0.15) is 5.76 Å². The summed E-state index contributed by atoms with van der Waals surface area (Å²) in [6.45, 7) is 5.33. The molecular formula is C12H18N5O4S+. The lowest BCUT2D eigenvalue weighted by molar-refractivity contribution is -0.906. The molecule has 22 heavy (non-hydrogen) atoms. The number of hydrogen-bond donors (Lipinski definition) is 3. The number of thiocarbonyl (C=S) groups is 1. The second-order valence-electron chi connectivity index (χ2n) is 4.67. The lowest BCUT2D eigenvalue weighted by Crippen LogP contribution is -3.14. The molecule has 1 aliphatic heterocycles. The average Bonchev–Trinajstić information content (AvgIpc) is 2.97. The van der Waals surface area contributed by atoms with Gasteiger partial charge in [0.25, 0.3) is 0 Å². The average molecular weight is 328 g/mol. The zero-order chi connectivity index (χ0) is 15.8. The maximum atomic E-state index is 10.5. The van der Waals surface area contributed by atoms with Crippen LogP contribution in [0.2, 0.25) is 0 Å². The number of ether oxygens (including phenoxy) is 1. The van der Waals surface area contributed by atoms with Gasteiger partial charge in [-0.2, -0.15) is 5.10 Å². The second kappa shape index (κ2) is 8.41. The Morgan fingerprint density at radius 3 is 2.95 bits per heavy atom. The Balaban J connectivity index is 1.63. The number of morpholine rings is 1. The van der Waals surface area contributed by atoms with Gasteiger partial charge in [-0.3, -0.25) is 15.5 Å². The number of hydrazone groups is 1. The summed E-state index contributed by atoms with van der Waals surface area (Å²) in [6, 6.07) is 2.73. The third kappa shape index (κ3) is 5.39. The molecule has 120 valence electrons. The minimum atomic E-state index is -0.606. The summed E-state index contributed by atoms with van der Waals surface area (Å²) in [7, 11) is 0. The normalized spacial score (nSPS) is 15.8. The van der Waals surface area contributed by atoms with Crippen molar-refractivity contribution in [2.45, 2.75) is 0 Å². The molecule has 0 bridgehead atoms. The van der Waals surface area contributed by atoms with Crippen LogP contribution in [-0.4, -0.2) is 55.6 Å². The van der Waals surface area contributed by atoms with Crippen molar-refractivity contribution in [1.82, 2.24) is 10.7 Å². The van der Waals surface area contributed by atoms with Crippen molar-refractivity contribution >= 4 is 29.4 Å². The van der Waals surface area contributed by atoms with Crippen LogP contribution in [0.3, 0.4) is 0 Å². The van der Waals surface area contributed by atoms with Crippen molar-refractivity contribution in [2.24, 2.45) is 5.10 Å². The van der Waals surface area contributed by atoms with E-state index in [1.165, 1.54) is 23.2 Å². The minimum Gasteiger partial charge on any atom is -0.400 e. The molecule has 0 unspecified atom stereocenters. The Morgan fingerprint density at radius 2 is 2.27 bits per heavy atom. The summed E-state index contributed by atoms with van der Waals surface area (Å²) in [5, 5.41) is 17.8. The van der Waals surface area contributed by atoms with Crippen LogP contribution in [0.25, 0.3) is 0 Å². The third-order valence-electron chi connectivity index (χ3n) is 3.11. The number of quaternary nitrogens is 1. The summed E-state index contributed by atoms with van der Waals surface area (Å²) in [5.74, 6) is -0.0459. The Kier molecular flexibility index (Phi) is 6.25. The van der Waals surface area contributed by atoms with E-state index in [4.69, 9.17) is 21.4 Å². The Bertz CT molecular complexity index is 541. The zero-order valence-corrected chi connectivity index (χ0v) is 12.7. The van der Waals surface area contributed by atoms with Gasteiger partial charge in [-0.1, -0.05) is 0 Å². The van der Waals surface area contributed by atoms with Crippen LogP contribution in [0.15, 0.2) is 21.7 Å². The van der Waals surface area contributed by atoms with Gasteiger partial charge in [-0.15, -0.1) is 0 Å². The van der Waals surface area contributed by atoms with Crippen LogP contribution in [0, 0.1) is 10.1 Å². The lowest BCUT2D eigenvalue weighted by atomic mass is 10.4. The smallest absolute Gasteiger partial charge is 0.400 e. The number of furan rings is 1. The fraction of sp³-hybridized carbons (Fsp3) is 0.500. The van der Waals surface area contributed by atoms with E-state index in [9.17, 15) is 10.1 Å². The third-order valence-corrected chi connectivity index (χ3v) is 3.35. The van der Waals surface area contributed by atoms with Gasteiger partial charge in [0.2, 0.25) is 0 Å². The molecule has 2 rings (SSSR count). The summed E-state index contributed by atoms with van der Waals surface area (Å²) < 4.78 is 10.2. The lowest BCUT2D eigenvalue weighted by Gasteiger charge is -2.23. The Hall–Kier alpha value is -2.04. The number of nitrogens with zero attached hydrogens (tertiary/aromatic N) is 2. The number of nitro groups is 1. The zero-order valence-electron chi connectivity index (χ0n) is 11.9. The quantitative estimate of drug-likeness (QED) is 0.263. The summed E-state index contributed by atoms with van der Waals surface area (Å²) >= 11 is 5.07. The molecule has 0 amide bonds. The van der Waals surface area contributed by atoms with Crippen LogP contribution in [0.4, 0.5) is 5.88 Å². The predicted octanol–water partition coefficient (Wildman–Crippen LogP) is -1.10. The fourth-order valence-corrected chi connectivity index (χ4v) is 2.12. The van der Waals surface area contributed by atoms with E-state index < -0.39 is 4.92 Å². The monoisotopic (exact) mass is 328 g/mol. The van der Waals surface area contributed by atoms with Gasteiger partial charge in [0.1, 0.15) is 18.0 Å². The van der Waals surface area contributed by atoms with Crippen molar-refractivity contribution in [2.75, 3.05) is 39.4 Å². The van der Waals surface area contributed by atoms with Gasteiger partial charge in [0, 0.05) is 0 Å². The first-order chi connectivity index (χ1) is 10.6. The molecule has 0 spiro atoms. The molecule has 1 aromatic rings. The highest BCUT2D eigenvalue weighted by atomic mass is 32.1. The molecule has 0 radical (unpaired) electrons. The first kappa shape index (κ1) is 16.3. The molecule has 1 aliphatic rings. The number of hydrogen-bond acceptors (Lipinski definition) is 6. The van der Waals surface area contributed by atoms with E-state index in [1.807, 2.05) is 0 Å². The van der Waals surface area contributed by atoms with Crippen LogP contribution < -0.4 is 15.6 Å². The molecule has 9 nitrogen and oxygen atoms in total. The molecule has 1 aromatic heterocycles. The molecule has 10 heteroatoms. The van der Waals surface area contributed by atoms with E-state index in [1.54, 1.807) is 0 Å². The maximum absolute atomic E-state index is 10.5. The molecule has 0 aliphatic carbocycles.